The van der Waals surface area contributed by atoms with Crippen LogP contribution in [0.1, 0.15) is 53.7 Å². The Hall–Kier alpha value is -8.99. The Morgan fingerprint density at radius 1 is 0.553 bits per heavy atom. The molecule has 0 fully saturated rings. The van der Waals surface area contributed by atoms with Gasteiger partial charge in [-0.05, 0) is 118 Å². The zero-order chi connectivity index (χ0) is 58.5. The Morgan fingerprint density at radius 3 is 1.53 bits per heavy atom. The molecular formula is C58H43Br2N17O4S4. The van der Waals surface area contributed by atoms with Gasteiger partial charge in [-0.25, -0.2) is 34.9 Å². The van der Waals surface area contributed by atoms with Crippen LogP contribution in [0.4, 0.5) is 17.1 Å². The third-order valence-electron chi connectivity index (χ3n) is 12.2. The largest absolute Gasteiger partial charge is 0.444 e. The molecule has 4 aromatic carbocycles. The van der Waals surface area contributed by atoms with Crippen LogP contribution in [0.3, 0.4) is 0 Å². The van der Waals surface area contributed by atoms with Crippen molar-refractivity contribution in [2.75, 3.05) is 16.0 Å². The number of aromatic nitrogens is 14. The lowest BCUT2D eigenvalue weighted by Crippen LogP contribution is -2.12. The van der Waals surface area contributed by atoms with Crippen molar-refractivity contribution < 1.29 is 18.8 Å². The Kier molecular flexibility index (Phi) is 18.8. The van der Waals surface area contributed by atoms with E-state index in [2.05, 4.69) is 118 Å². The van der Waals surface area contributed by atoms with E-state index in [0.29, 0.717) is 44.4 Å². The van der Waals surface area contributed by atoms with E-state index in [4.69, 9.17) is 4.42 Å². The quantitative estimate of drug-likeness (QED) is 0.0387. The highest BCUT2D eigenvalue weighted by molar-refractivity contribution is 9.10. The van der Waals surface area contributed by atoms with Crippen molar-refractivity contribution in [2.24, 2.45) is 0 Å². The second-order valence-corrected chi connectivity index (χ2v) is 23.5. The Morgan fingerprint density at radius 2 is 1.06 bits per heavy atom. The predicted octanol–water partition coefficient (Wildman–Crippen LogP) is 13.6. The molecule has 0 aliphatic rings. The molecule has 9 heterocycles. The molecule has 21 nitrogen and oxygen atoms in total. The number of nitrogens with zero attached hydrogens (tertiary/aromatic N) is 11. The number of hydrogen-bond donors (Lipinski definition) is 6. The van der Waals surface area contributed by atoms with Gasteiger partial charge in [0.05, 0.1) is 34.7 Å². The first-order valence-corrected chi connectivity index (χ1v) is 30.9. The van der Waals surface area contributed by atoms with Gasteiger partial charge in [-0.3, -0.25) is 34.7 Å². The van der Waals surface area contributed by atoms with E-state index in [1.165, 1.54) is 30.3 Å². The van der Waals surface area contributed by atoms with Crippen LogP contribution in [0.25, 0.3) is 43.7 Å². The Bertz CT molecular complexity index is 4480. The van der Waals surface area contributed by atoms with E-state index >= 15 is 0 Å². The van der Waals surface area contributed by atoms with Crippen LogP contribution in [0.2, 0.25) is 0 Å². The third-order valence-corrected chi connectivity index (χ3v) is 17.6. The Labute approximate surface area is 516 Å². The summed E-state index contributed by atoms with van der Waals surface area (Å²) in [4.78, 5) is 71.3. The number of aryl methyl sites for hydroxylation is 1. The number of halogens is 2. The molecule has 0 saturated carbocycles. The summed E-state index contributed by atoms with van der Waals surface area (Å²) in [5.74, 6) is 1.69. The van der Waals surface area contributed by atoms with Crippen LogP contribution < -0.4 is 16.0 Å². The molecule has 3 amide bonds. The summed E-state index contributed by atoms with van der Waals surface area (Å²) < 4.78 is 6.70. The molecule has 13 rings (SSSR count). The number of carbonyl (C=O) groups is 3. The number of rotatable bonds is 16. The normalized spacial score (nSPS) is 11.0. The number of furan rings is 1. The van der Waals surface area contributed by atoms with Crippen molar-refractivity contribution in [3.63, 3.8) is 0 Å². The van der Waals surface area contributed by atoms with Crippen molar-refractivity contribution in [2.45, 2.75) is 39.3 Å². The lowest BCUT2D eigenvalue weighted by Gasteiger charge is -2.09. The van der Waals surface area contributed by atoms with E-state index in [0.717, 1.165) is 91.3 Å². The van der Waals surface area contributed by atoms with Crippen LogP contribution in [0.5, 0.6) is 0 Å². The zero-order valence-corrected chi connectivity index (χ0v) is 50.7. The van der Waals surface area contributed by atoms with Gasteiger partial charge < -0.3 is 20.4 Å². The third kappa shape index (κ3) is 15.0. The topological polar surface area (TPSA) is 290 Å². The number of anilines is 3. The van der Waals surface area contributed by atoms with Gasteiger partial charge in [-0.1, -0.05) is 58.4 Å². The molecular weight excluding hydrogens is 1290 g/mol. The van der Waals surface area contributed by atoms with Crippen molar-refractivity contribution in [1.29, 1.82) is 0 Å². The van der Waals surface area contributed by atoms with Crippen LogP contribution >= 0.6 is 78.5 Å². The van der Waals surface area contributed by atoms with E-state index in [1.807, 2.05) is 110 Å². The highest BCUT2D eigenvalue weighted by atomic mass is 79.9. The number of hydrogen-bond acceptors (Lipinski definition) is 19. The molecule has 0 radical (unpaired) electrons. The summed E-state index contributed by atoms with van der Waals surface area (Å²) in [6, 6.07) is 35.9. The molecule has 9 aromatic heterocycles. The van der Waals surface area contributed by atoms with Gasteiger partial charge in [0, 0.05) is 67.7 Å². The number of carbonyl (C=O) groups excluding carboxylic acids is 3. The second kappa shape index (κ2) is 27.6. The van der Waals surface area contributed by atoms with Gasteiger partial charge in [0.25, 0.3) is 17.7 Å². The lowest BCUT2D eigenvalue weighted by atomic mass is 10.1. The van der Waals surface area contributed by atoms with E-state index in [9.17, 15) is 14.4 Å². The number of thiazole rings is 1. The monoisotopic (exact) mass is 1330 g/mol. The highest BCUT2D eigenvalue weighted by Gasteiger charge is 2.16. The van der Waals surface area contributed by atoms with Crippen LogP contribution in [-0.2, 0) is 17.3 Å². The minimum absolute atomic E-state index is 0.138. The van der Waals surface area contributed by atoms with Crippen LogP contribution in [0, 0.1) is 6.92 Å². The number of fused-ring (bicyclic) bond motifs is 3. The maximum absolute atomic E-state index is 12.7. The lowest BCUT2D eigenvalue weighted by molar-refractivity contribution is 0.0992. The van der Waals surface area contributed by atoms with Gasteiger partial charge in [0.2, 0.25) is 0 Å². The summed E-state index contributed by atoms with van der Waals surface area (Å²) in [5.41, 5.74) is 10.5. The number of nitrogens with one attached hydrogen (secondary N) is 6. The maximum atomic E-state index is 12.7. The first kappa shape index (κ1) is 57.8. The van der Waals surface area contributed by atoms with Gasteiger partial charge in [0.1, 0.15) is 44.8 Å². The van der Waals surface area contributed by atoms with Gasteiger partial charge in [-0.15, -0.1) is 46.6 Å². The summed E-state index contributed by atoms with van der Waals surface area (Å²) in [6.07, 6.45) is 13.2. The summed E-state index contributed by atoms with van der Waals surface area (Å²) >= 11 is 12.9. The van der Waals surface area contributed by atoms with Crippen molar-refractivity contribution in [1.82, 2.24) is 70.5 Å². The second-order valence-electron chi connectivity index (χ2n) is 18.1. The minimum atomic E-state index is -0.295. The van der Waals surface area contributed by atoms with Crippen LogP contribution in [-0.4, -0.2) is 88.2 Å². The van der Waals surface area contributed by atoms with Crippen molar-refractivity contribution >= 4 is 146 Å². The Balaban J connectivity index is 0.000000133. The van der Waals surface area contributed by atoms with Gasteiger partial charge >= 0.3 is 0 Å². The molecule has 422 valence electrons. The first-order chi connectivity index (χ1) is 41.5. The molecule has 85 heavy (non-hydrogen) atoms. The standard InChI is InChI=1S/C21H15N7OS2.C20H16BrN5OS.C17H12BrN5O2S/c29-19(17-11-31-20(27-17)14-4-2-6-22-8-14)26-15-5-1-3-13(7-15)10-30-21-16-9-25-28-18(16)23-12-24-21;1-12-5-6-14(8-17(12)21)19(27)25-15-4-2-3-13(7-15)10-28-20-16-9-24-26-18(16)22-11-23-20;18-14-5-4-13(25-14)16(24)22-11-3-1-2-10(6-11)8-26-17-12-7-21-23-15(12)19-9-20-17/h1-9,11-12H,10H2,(H,26,29)(H,23,24,25,28);2-9,11H,10H2,1H3,(H,25,27)(H,22,23,24,26);1-7,9H,8H2,(H,22,24)(H,19,20,21,23). The predicted molar refractivity (Wildman–Crippen MR) is 338 cm³/mol. The maximum Gasteiger partial charge on any atom is 0.291 e. The van der Waals surface area contributed by atoms with E-state index < -0.39 is 0 Å². The fraction of sp³-hybridized carbons (Fsp3) is 0.0690. The fourth-order valence-corrected chi connectivity index (χ4v) is 12.2. The summed E-state index contributed by atoms with van der Waals surface area (Å²) in [6.45, 7) is 1.99. The number of benzene rings is 4. The first-order valence-electron chi connectivity index (χ1n) is 25.4. The fourth-order valence-electron chi connectivity index (χ4n) is 8.01. The number of amides is 3. The average molecular weight is 1330 g/mol. The van der Waals surface area contributed by atoms with E-state index in [-0.39, 0.29) is 23.5 Å². The molecule has 6 N–H and O–H groups in total. The molecule has 0 spiro atoms. The molecule has 0 bridgehead atoms. The molecule has 0 aliphatic carbocycles. The number of thioether (sulfide) groups is 3. The molecule has 0 saturated heterocycles. The molecule has 0 atom stereocenters. The van der Waals surface area contributed by atoms with E-state index in [1.54, 1.807) is 83.8 Å². The number of pyridine rings is 1. The number of aromatic amines is 3. The molecule has 0 aliphatic heterocycles. The zero-order valence-electron chi connectivity index (χ0n) is 44.2. The highest BCUT2D eigenvalue weighted by Crippen LogP contribution is 2.31. The molecule has 27 heteroatoms. The summed E-state index contributed by atoms with van der Waals surface area (Å²) in [5, 5.41) is 37.1. The average Bonchev–Trinajstić information content (AvgIpc) is 4.45. The smallest absolute Gasteiger partial charge is 0.291 e. The number of H-pyrrole nitrogens is 3. The van der Waals surface area contributed by atoms with Gasteiger partial charge in [-0.2, -0.15) is 15.3 Å². The van der Waals surface area contributed by atoms with Crippen molar-refractivity contribution in [3.05, 3.63) is 219 Å². The van der Waals surface area contributed by atoms with Crippen molar-refractivity contribution in [3.8, 4) is 10.6 Å². The minimum Gasteiger partial charge on any atom is -0.444 e. The van der Waals surface area contributed by atoms with Gasteiger partial charge in [0.15, 0.2) is 27.4 Å². The summed E-state index contributed by atoms with van der Waals surface area (Å²) in [7, 11) is 0. The molecule has 13 aromatic rings. The van der Waals surface area contributed by atoms with Crippen LogP contribution in [0.15, 0.2) is 199 Å². The molecule has 0 unspecified atom stereocenters. The SMILES string of the molecule is Cc1ccc(C(=O)Nc2cccc(CSc3ncnc4[nH]ncc34)c2)cc1Br.O=C(Nc1cccc(CSc2ncnc3[nH]ncc23)c1)c1ccc(Br)o1.O=C(Nc1cccc(CSc2ncnc3[nH]ncc23)c1)c1csc(-c2cccnc2)n1.